The lowest BCUT2D eigenvalue weighted by atomic mass is 10.1. The Labute approximate surface area is 196 Å². The van der Waals surface area contributed by atoms with Gasteiger partial charge in [0.25, 0.3) is 5.91 Å². The Morgan fingerprint density at radius 3 is 2.62 bits per heavy atom. The highest BCUT2D eigenvalue weighted by molar-refractivity contribution is 6.03. The summed E-state index contributed by atoms with van der Waals surface area (Å²) in [4.78, 5) is 29.4. The van der Waals surface area contributed by atoms with Crippen molar-refractivity contribution in [3.8, 4) is 17.1 Å². The molecule has 174 valence electrons. The Balaban J connectivity index is 1.27. The lowest BCUT2D eigenvalue weighted by molar-refractivity contribution is -0.116. The third-order valence-electron chi connectivity index (χ3n) is 5.06. The van der Waals surface area contributed by atoms with E-state index in [-0.39, 0.29) is 24.8 Å². The molecule has 2 heterocycles. The Kier molecular flexibility index (Phi) is 7.34. The van der Waals surface area contributed by atoms with E-state index in [2.05, 4.69) is 20.8 Å². The molecule has 0 spiro atoms. The highest BCUT2D eigenvalue weighted by Crippen LogP contribution is 2.20. The maximum atomic E-state index is 12.6. The van der Waals surface area contributed by atoms with Crippen molar-refractivity contribution in [3.63, 3.8) is 0 Å². The van der Waals surface area contributed by atoms with Crippen LogP contribution in [0.15, 0.2) is 75.9 Å². The van der Waals surface area contributed by atoms with Crippen LogP contribution in [0.3, 0.4) is 0 Å². The van der Waals surface area contributed by atoms with Gasteiger partial charge in [0, 0.05) is 18.4 Å². The van der Waals surface area contributed by atoms with Gasteiger partial charge in [0.05, 0.1) is 31.2 Å². The molecule has 0 saturated heterocycles. The number of methoxy groups -OCH3 is 1. The first-order valence-electron chi connectivity index (χ1n) is 10.8. The van der Waals surface area contributed by atoms with Crippen molar-refractivity contribution in [2.45, 2.75) is 25.8 Å². The molecule has 2 amide bonds. The first kappa shape index (κ1) is 22.8. The summed E-state index contributed by atoms with van der Waals surface area (Å²) in [5.74, 6) is 1.82. The molecule has 0 saturated carbocycles. The first-order chi connectivity index (χ1) is 16.6. The molecule has 2 aromatic carbocycles. The molecule has 0 radical (unpaired) electrons. The molecule has 9 heteroatoms. The monoisotopic (exact) mass is 460 g/mol. The van der Waals surface area contributed by atoms with Gasteiger partial charge in [-0.05, 0) is 55.0 Å². The van der Waals surface area contributed by atoms with Crippen molar-refractivity contribution < 1.29 is 23.3 Å². The lowest BCUT2D eigenvalue weighted by Gasteiger charge is -2.11. The zero-order chi connectivity index (χ0) is 23.8. The normalized spacial score (nSPS) is 10.6. The van der Waals surface area contributed by atoms with Gasteiger partial charge >= 0.3 is 0 Å². The third-order valence-corrected chi connectivity index (χ3v) is 5.06. The summed E-state index contributed by atoms with van der Waals surface area (Å²) in [6, 6.07) is 17.7. The van der Waals surface area contributed by atoms with Gasteiger partial charge in [-0.15, -0.1) is 0 Å². The number of hydrogen-bond acceptors (Lipinski definition) is 7. The van der Waals surface area contributed by atoms with Gasteiger partial charge in [-0.3, -0.25) is 9.59 Å². The van der Waals surface area contributed by atoms with Crippen molar-refractivity contribution >= 4 is 17.5 Å². The average molecular weight is 460 g/mol. The second-order valence-corrected chi connectivity index (χ2v) is 7.45. The lowest BCUT2D eigenvalue weighted by Crippen LogP contribution is -2.24. The molecule has 9 nitrogen and oxygen atoms in total. The van der Waals surface area contributed by atoms with E-state index in [0.29, 0.717) is 41.6 Å². The molecule has 0 bridgehead atoms. The zero-order valence-corrected chi connectivity index (χ0v) is 18.6. The van der Waals surface area contributed by atoms with E-state index in [1.165, 1.54) is 0 Å². The van der Waals surface area contributed by atoms with Crippen LogP contribution in [0.4, 0.5) is 5.69 Å². The summed E-state index contributed by atoms with van der Waals surface area (Å²) in [5, 5.41) is 9.59. The van der Waals surface area contributed by atoms with Gasteiger partial charge in [0.15, 0.2) is 0 Å². The van der Waals surface area contributed by atoms with Crippen LogP contribution in [0.5, 0.6) is 5.75 Å². The molecule has 0 aliphatic carbocycles. The van der Waals surface area contributed by atoms with E-state index >= 15 is 0 Å². The molecule has 34 heavy (non-hydrogen) atoms. The van der Waals surface area contributed by atoms with Crippen molar-refractivity contribution in [1.82, 2.24) is 15.5 Å². The van der Waals surface area contributed by atoms with E-state index in [4.69, 9.17) is 13.7 Å². The van der Waals surface area contributed by atoms with Gasteiger partial charge in [0.1, 0.15) is 11.5 Å². The van der Waals surface area contributed by atoms with Crippen molar-refractivity contribution in [2.24, 2.45) is 0 Å². The number of furan rings is 1. The topological polar surface area (TPSA) is 119 Å². The molecule has 0 fully saturated rings. The number of para-hydroxylation sites is 1. The fourth-order valence-corrected chi connectivity index (χ4v) is 3.29. The summed E-state index contributed by atoms with van der Waals surface area (Å²) < 4.78 is 15.7. The minimum atomic E-state index is -0.302. The van der Waals surface area contributed by atoms with Gasteiger partial charge < -0.3 is 24.3 Å². The number of amides is 2. The largest absolute Gasteiger partial charge is 0.497 e. The predicted octanol–water partition coefficient (Wildman–Crippen LogP) is 4.23. The van der Waals surface area contributed by atoms with Crippen molar-refractivity contribution in [3.05, 3.63) is 84.1 Å². The molecule has 0 aliphatic rings. The highest BCUT2D eigenvalue weighted by Gasteiger charge is 2.14. The fraction of sp³-hybridized carbons (Fsp3) is 0.200. The predicted molar refractivity (Wildman–Crippen MR) is 124 cm³/mol. The Morgan fingerprint density at radius 2 is 1.85 bits per heavy atom. The minimum absolute atomic E-state index is 0.207. The van der Waals surface area contributed by atoms with E-state index < -0.39 is 0 Å². The molecule has 4 rings (SSSR count). The van der Waals surface area contributed by atoms with Crippen molar-refractivity contribution in [2.75, 3.05) is 12.4 Å². The van der Waals surface area contributed by atoms with Gasteiger partial charge in [-0.2, -0.15) is 4.98 Å². The number of rotatable bonds is 10. The number of hydrogen-bond donors (Lipinski definition) is 2. The second-order valence-electron chi connectivity index (χ2n) is 7.45. The SMILES string of the molecule is COc1ccc(-c2noc(CCCC(=O)Nc3ccccc3C(=O)NCc3ccco3)n2)cc1. The fourth-order valence-electron chi connectivity index (χ4n) is 3.29. The number of aryl methyl sites for hydroxylation is 1. The summed E-state index contributed by atoms with van der Waals surface area (Å²) in [6.07, 6.45) is 2.76. The van der Waals surface area contributed by atoms with E-state index in [1.807, 2.05) is 24.3 Å². The molecule has 0 atom stereocenters. The Bertz CT molecular complexity index is 1230. The Morgan fingerprint density at radius 1 is 1.03 bits per heavy atom. The van der Waals surface area contributed by atoms with Crippen LogP contribution in [0.25, 0.3) is 11.4 Å². The maximum absolute atomic E-state index is 12.6. The van der Waals surface area contributed by atoms with Crippen LogP contribution in [0.2, 0.25) is 0 Å². The third kappa shape index (κ3) is 5.89. The Hall–Kier alpha value is -4.40. The van der Waals surface area contributed by atoms with Crippen LogP contribution >= 0.6 is 0 Å². The number of carbonyl (C=O) groups excluding carboxylic acids is 2. The van der Waals surface area contributed by atoms with Crippen LogP contribution in [0, 0.1) is 0 Å². The van der Waals surface area contributed by atoms with Crippen molar-refractivity contribution in [1.29, 1.82) is 0 Å². The number of benzene rings is 2. The molecule has 0 unspecified atom stereocenters. The smallest absolute Gasteiger partial charge is 0.253 e. The summed E-state index contributed by atoms with van der Waals surface area (Å²) in [5.41, 5.74) is 1.64. The van der Waals surface area contributed by atoms with Gasteiger partial charge in [-0.25, -0.2) is 0 Å². The summed E-state index contributed by atoms with van der Waals surface area (Å²) in [7, 11) is 1.60. The number of carbonyl (C=O) groups is 2. The molecule has 0 aliphatic heterocycles. The molecular formula is C25H24N4O5. The quantitative estimate of drug-likeness (QED) is 0.363. The molecule has 2 N–H and O–H groups in total. The van der Waals surface area contributed by atoms with Crippen LogP contribution < -0.4 is 15.4 Å². The van der Waals surface area contributed by atoms with E-state index in [1.54, 1.807) is 49.8 Å². The molecule has 4 aromatic rings. The van der Waals surface area contributed by atoms with Crippen LogP contribution in [-0.4, -0.2) is 29.1 Å². The van der Waals surface area contributed by atoms with Crippen LogP contribution in [-0.2, 0) is 17.8 Å². The van der Waals surface area contributed by atoms with E-state index in [0.717, 1.165) is 11.3 Å². The van der Waals surface area contributed by atoms with E-state index in [9.17, 15) is 9.59 Å². The highest BCUT2D eigenvalue weighted by atomic mass is 16.5. The first-order valence-corrected chi connectivity index (χ1v) is 10.8. The summed E-state index contributed by atoms with van der Waals surface area (Å²) >= 11 is 0. The zero-order valence-electron chi connectivity index (χ0n) is 18.6. The second kappa shape index (κ2) is 11.0. The van der Waals surface area contributed by atoms with Gasteiger partial charge in [0.2, 0.25) is 17.6 Å². The number of nitrogens with one attached hydrogen (secondary N) is 2. The van der Waals surface area contributed by atoms with Gasteiger partial charge in [-0.1, -0.05) is 17.3 Å². The maximum Gasteiger partial charge on any atom is 0.253 e. The minimum Gasteiger partial charge on any atom is -0.497 e. The molecular weight excluding hydrogens is 436 g/mol. The number of anilines is 1. The number of ether oxygens (including phenoxy) is 1. The van der Waals surface area contributed by atoms with Crippen LogP contribution in [0.1, 0.15) is 34.9 Å². The number of aromatic nitrogens is 2. The summed E-state index contributed by atoms with van der Waals surface area (Å²) in [6.45, 7) is 0.261. The standard InChI is InChI=1S/C25H24N4O5/c1-32-18-13-11-17(12-14-18)24-28-23(34-29-24)10-4-9-22(30)27-21-8-3-2-7-20(21)25(31)26-16-19-6-5-15-33-19/h2-3,5-8,11-15H,4,9-10,16H2,1H3,(H,26,31)(H,27,30). The molecule has 2 aromatic heterocycles. The number of nitrogens with zero attached hydrogens (tertiary/aromatic N) is 2. The average Bonchev–Trinajstić information content (AvgIpc) is 3.55.